The summed E-state index contributed by atoms with van der Waals surface area (Å²) in [5, 5.41) is 3.94. The molecule has 2 heterocycles. The fraction of sp³-hybridized carbons (Fsp3) is 0.400. The predicted octanol–water partition coefficient (Wildman–Crippen LogP) is 2.56. The number of aromatic nitrogens is 1. The van der Waals surface area contributed by atoms with Gasteiger partial charge in [-0.1, -0.05) is 0 Å². The van der Waals surface area contributed by atoms with Gasteiger partial charge in [0.25, 0.3) is 0 Å². The molecule has 1 atom stereocenters. The minimum Gasteiger partial charge on any atom is -0.347 e. The Hall–Kier alpha value is -1.68. The zero-order valence-electron chi connectivity index (χ0n) is 11.2. The van der Waals surface area contributed by atoms with Crippen molar-refractivity contribution in [3.63, 3.8) is 0 Å². The zero-order chi connectivity index (χ0) is 13.6. The van der Waals surface area contributed by atoms with Crippen LogP contribution in [0.4, 0.5) is 4.39 Å². The smallest absolute Gasteiger partial charge is 0.182 e. The number of carbonyl (C=O) groups is 1. The Labute approximate surface area is 111 Å². The summed E-state index contributed by atoms with van der Waals surface area (Å²) in [6, 6.07) is 4.51. The van der Waals surface area contributed by atoms with E-state index >= 15 is 0 Å². The molecular formula is C15H17FN2O. The largest absolute Gasteiger partial charge is 0.347 e. The van der Waals surface area contributed by atoms with E-state index in [-0.39, 0.29) is 17.6 Å². The summed E-state index contributed by atoms with van der Waals surface area (Å²) < 4.78 is 15.4. The van der Waals surface area contributed by atoms with Crippen molar-refractivity contribution >= 4 is 16.7 Å². The fourth-order valence-electron chi connectivity index (χ4n) is 2.94. The van der Waals surface area contributed by atoms with Gasteiger partial charge in [0.1, 0.15) is 5.82 Å². The first-order valence-electron chi connectivity index (χ1n) is 6.61. The van der Waals surface area contributed by atoms with Crippen LogP contribution in [0.15, 0.2) is 18.2 Å². The number of benzene rings is 1. The molecule has 1 aromatic carbocycles. The summed E-state index contributed by atoms with van der Waals surface area (Å²) in [5.74, 6) is -0.210. The molecule has 1 unspecified atom stereocenters. The second-order valence-electron chi connectivity index (χ2n) is 5.19. The van der Waals surface area contributed by atoms with Gasteiger partial charge in [-0.05, 0) is 44.5 Å². The molecule has 0 bridgehead atoms. The van der Waals surface area contributed by atoms with E-state index in [1.165, 1.54) is 12.1 Å². The number of nitrogens with one attached hydrogen (secondary N) is 1. The van der Waals surface area contributed by atoms with Crippen LogP contribution in [0.25, 0.3) is 10.9 Å². The van der Waals surface area contributed by atoms with E-state index < -0.39 is 0 Å². The number of nitrogens with zero attached hydrogens (tertiary/aromatic N) is 1. The van der Waals surface area contributed by atoms with Crippen molar-refractivity contribution in [3.05, 3.63) is 35.3 Å². The van der Waals surface area contributed by atoms with Gasteiger partial charge in [-0.3, -0.25) is 4.79 Å². The monoisotopic (exact) mass is 260 g/mol. The molecule has 3 rings (SSSR count). The molecule has 4 heteroatoms. The number of aryl methyl sites for hydroxylation is 1. The topological polar surface area (TPSA) is 34.0 Å². The van der Waals surface area contributed by atoms with Crippen LogP contribution in [-0.4, -0.2) is 22.9 Å². The van der Waals surface area contributed by atoms with Crippen LogP contribution >= 0.6 is 0 Å². The maximum Gasteiger partial charge on any atom is 0.182 e. The fourth-order valence-corrected chi connectivity index (χ4v) is 2.94. The first kappa shape index (κ1) is 12.4. The number of hydrogen-bond acceptors (Lipinski definition) is 2. The summed E-state index contributed by atoms with van der Waals surface area (Å²) in [6.45, 7) is 2.80. The van der Waals surface area contributed by atoms with Crippen LogP contribution in [0, 0.1) is 12.7 Å². The summed E-state index contributed by atoms with van der Waals surface area (Å²) in [6.07, 6.45) is 1.89. The highest BCUT2D eigenvalue weighted by atomic mass is 19.1. The van der Waals surface area contributed by atoms with Crippen molar-refractivity contribution in [1.29, 1.82) is 0 Å². The molecule has 0 radical (unpaired) electrons. The van der Waals surface area contributed by atoms with Crippen LogP contribution in [0.1, 0.15) is 28.9 Å². The molecule has 0 spiro atoms. The van der Waals surface area contributed by atoms with E-state index in [0.717, 1.165) is 36.0 Å². The summed E-state index contributed by atoms with van der Waals surface area (Å²) in [7, 11) is 1.91. The average Bonchev–Trinajstić information content (AvgIpc) is 2.98. The van der Waals surface area contributed by atoms with Crippen LogP contribution in [0.2, 0.25) is 0 Å². The molecule has 1 aliphatic heterocycles. The van der Waals surface area contributed by atoms with E-state index in [4.69, 9.17) is 0 Å². The molecule has 0 saturated carbocycles. The van der Waals surface area contributed by atoms with Gasteiger partial charge in [0.15, 0.2) is 5.78 Å². The highest BCUT2D eigenvalue weighted by Crippen LogP contribution is 2.28. The van der Waals surface area contributed by atoms with E-state index in [1.807, 2.05) is 18.5 Å². The lowest BCUT2D eigenvalue weighted by molar-refractivity contribution is 0.0953. The van der Waals surface area contributed by atoms with Gasteiger partial charge >= 0.3 is 0 Å². The van der Waals surface area contributed by atoms with Crippen LogP contribution in [0.5, 0.6) is 0 Å². The molecule has 1 fully saturated rings. The minimum absolute atomic E-state index is 0.0891. The highest BCUT2D eigenvalue weighted by Gasteiger charge is 2.27. The quantitative estimate of drug-likeness (QED) is 0.842. The third kappa shape index (κ3) is 1.87. The lowest BCUT2D eigenvalue weighted by atomic mass is 10.00. The standard InChI is InChI=1S/C15H17FN2O/c1-9-14(15(19)12-4-3-7-17-12)11-8-10(16)5-6-13(11)18(9)2/h5-6,8,12,17H,3-4,7H2,1-2H3. The third-order valence-corrected chi connectivity index (χ3v) is 4.08. The van der Waals surface area contributed by atoms with Gasteiger partial charge in [-0.2, -0.15) is 0 Å². The number of carbonyl (C=O) groups excluding carboxylic acids is 1. The Morgan fingerprint density at radius 3 is 2.95 bits per heavy atom. The molecule has 1 saturated heterocycles. The molecule has 1 aliphatic rings. The number of fused-ring (bicyclic) bond motifs is 1. The van der Waals surface area contributed by atoms with Crippen molar-refractivity contribution in [2.24, 2.45) is 7.05 Å². The van der Waals surface area contributed by atoms with E-state index in [2.05, 4.69) is 5.32 Å². The van der Waals surface area contributed by atoms with Crippen molar-refractivity contribution in [1.82, 2.24) is 9.88 Å². The van der Waals surface area contributed by atoms with Crippen LogP contribution in [0.3, 0.4) is 0 Å². The van der Waals surface area contributed by atoms with Gasteiger partial charge in [0.05, 0.1) is 6.04 Å². The molecule has 1 N–H and O–H groups in total. The summed E-state index contributed by atoms with van der Waals surface area (Å²) in [5.41, 5.74) is 2.47. The van der Waals surface area contributed by atoms with Crippen molar-refractivity contribution in [2.45, 2.75) is 25.8 Å². The Morgan fingerprint density at radius 2 is 2.26 bits per heavy atom. The molecule has 100 valence electrons. The maximum absolute atomic E-state index is 13.5. The van der Waals surface area contributed by atoms with Crippen LogP contribution in [-0.2, 0) is 7.05 Å². The van der Waals surface area contributed by atoms with E-state index in [0.29, 0.717) is 5.56 Å². The number of Topliss-reactive ketones (excluding diaryl/α,β-unsaturated/α-hetero) is 1. The van der Waals surface area contributed by atoms with Gasteiger partial charge < -0.3 is 9.88 Å². The van der Waals surface area contributed by atoms with Gasteiger partial charge in [0.2, 0.25) is 0 Å². The second kappa shape index (κ2) is 4.46. The molecule has 2 aromatic rings. The first-order valence-corrected chi connectivity index (χ1v) is 6.61. The van der Waals surface area contributed by atoms with Gasteiger partial charge in [0, 0.05) is 29.2 Å². The summed E-state index contributed by atoms with van der Waals surface area (Å²) >= 11 is 0. The lowest BCUT2D eigenvalue weighted by Crippen LogP contribution is -2.31. The number of rotatable bonds is 2. The molecule has 0 aliphatic carbocycles. The Kier molecular flexibility index (Phi) is 2.90. The second-order valence-corrected chi connectivity index (χ2v) is 5.19. The minimum atomic E-state index is -0.300. The molecule has 0 amide bonds. The Morgan fingerprint density at radius 1 is 1.47 bits per heavy atom. The van der Waals surface area contributed by atoms with Crippen molar-refractivity contribution in [2.75, 3.05) is 6.54 Å². The lowest BCUT2D eigenvalue weighted by Gasteiger charge is -2.09. The van der Waals surface area contributed by atoms with Gasteiger partial charge in [-0.25, -0.2) is 4.39 Å². The molecule has 1 aromatic heterocycles. The molecule has 3 nitrogen and oxygen atoms in total. The first-order chi connectivity index (χ1) is 9.09. The Balaban J connectivity index is 2.19. The van der Waals surface area contributed by atoms with E-state index in [9.17, 15) is 9.18 Å². The molecular weight excluding hydrogens is 243 g/mol. The third-order valence-electron chi connectivity index (χ3n) is 4.08. The average molecular weight is 260 g/mol. The molecule has 19 heavy (non-hydrogen) atoms. The van der Waals surface area contributed by atoms with E-state index in [1.54, 1.807) is 6.07 Å². The summed E-state index contributed by atoms with van der Waals surface area (Å²) in [4.78, 5) is 12.6. The van der Waals surface area contributed by atoms with Gasteiger partial charge in [-0.15, -0.1) is 0 Å². The normalized spacial score (nSPS) is 19.2. The highest BCUT2D eigenvalue weighted by molar-refractivity contribution is 6.11. The number of halogens is 1. The Bertz CT molecular complexity index is 654. The van der Waals surface area contributed by atoms with Crippen molar-refractivity contribution < 1.29 is 9.18 Å². The predicted molar refractivity (Wildman–Crippen MR) is 73.0 cm³/mol. The number of ketones is 1. The maximum atomic E-state index is 13.5. The van der Waals surface area contributed by atoms with Crippen molar-refractivity contribution in [3.8, 4) is 0 Å². The number of hydrogen-bond donors (Lipinski definition) is 1. The zero-order valence-corrected chi connectivity index (χ0v) is 11.2. The van der Waals surface area contributed by atoms with Crippen LogP contribution < -0.4 is 5.32 Å². The SMILES string of the molecule is Cc1c(C(=O)C2CCCN2)c2cc(F)ccc2n1C.